The van der Waals surface area contributed by atoms with E-state index in [4.69, 9.17) is 4.74 Å². The van der Waals surface area contributed by atoms with E-state index in [0.29, 0.717) is 23.1 Å². The molecule has 0 aliphatic carbocycles. The van der Waals surface area contributed by atoms with Gasteiger partial charge < -0.3 is 10.1 Å². The number of hydrogen-bond acceptors (Lipinski definition) is 5. The first kappa shape index (κ1) is 15.0. The van der Waals surface area contributed by atoms with Gasteiger partial charge in [0, 0.05) is 12.1 Å². The summed E-state index contributed by atoms with van der Waals surface area (Å²) in [6.07, 6.45) is 1.00. The molecule has 0 radical (unpaired) electrons. The number of hydrogen-bond donors (Lipinski definition) is 2. The van der Waals surface area contributed by atoms with Gasteiger partial charge in [-0.05, 0) is 36.6 Å². The third-order valence-electron chi connectivity index (χ3n) is 3.07. The number of benzene rings is 1. The van der Waals surface area contributed by atoms with Gasteiger partial charge in [-0.3, -0.25) is 9.78 Å². The summed E-state index contributed by atoms with van der Waals surface area (Å²) in [5.41, 5.74) is 0.743. The van der Waals surface area contributed by atoms with Gasteiger partial charge in [0.05, 0.1) is 7.11 Å². The molecule has 0 saturated carbocycles. The molecule has 6 heteroatoms. The van der Waals surface area contributed by atoms with Gasteiger partial charge >= 0.3 is 0 Å². The minimum absolute atomic E-state index is 0.262. The third kappa shape index (κ3) is 4.05. The van der Waals surface area contributed by atoms with Crippen molar-refractivity contribution in [2.24, 2.45) is 5.92 Å². The molecule has 0 bridgehead atoms. The maximum absolute atomic E-state index is 12.1. The molecule has 0 fully saturated rings. The van der Waals surface area contributed by atoms with Crippen molar-refractivity contribution in [2.75, 3.05) is 19.0 Å². The van der Waals surface area contributed by atoms with Crippen LogP contribution in [0.15, 0.2) is 29.1 Å². The van der Waals surface area contributed by atoms with Crippen LogP contribution in [0, 0.1) is 5.92 Å². The summed E-state index contributed by atoms with van der Waals surface area (Å²) in [7, 11) is 1.60. The van der Waals surface area contributed by atoms with Crippen molar-refractivity contribution in [2.45, 2.75) is 20.3 Å². The fourth-order valence-electron chi connectivity index (χ4n) is 1.83. The zero-order valence-electron chi connectivity index (χ0n) is 12.5. The predicted octanol–water partition coefficient (Wildman–Crippen LogP) is 2.30. The standard InChI is InChI=1S/C15H20N4O2/c1-10(2)8-9-16-15-17-14(20)13(18-19-15)11-4-6-12(21-3)7-5-11/h4-7,10H,8-9H2,1-3H3,(H2,16,17,19,20). The van der Waals surface area contributed by atoms with Gasteiger partial charge in [-0.2, -0.15) is 0 Å². The molecule has 0 aliphatic rings. The molecule has 0 unspecified atom stereocenters. The van der Waals surface area contributed by atoms with E-state index in [1.165, 1.54) is 0 Å². The van der Waals surface area contributed by atoms with Crippen LogP contribution in [0.25, 0.3) is 11.3 Å². The number of aromatic nitrogens is 3. The van der Waals surface area contributed by atoms with Gasteiger partial charge in [0.25, 0.3) is 5.56 Å². The van der Waals surface area contributed by atoms with Crippen LogP contribution in [0.2, 0.25) is 0 Å². The Hall–Kier alpha value is -2.37. The van der Waals surface area contributed by atoms with E-state index < -0.39 is 0 Å². The van der Waals surface area contributed by atoms with Crippen LogP contribution in [0.1, 0.15) is 20.3 Å². The molecule has 0 saturated heterocycles. The molecule has 0 atom stereocenters. The van der Waals surface area contributed by atoms with E-state index in [9.17, 15) is 4.79 Å². The van der Waals surface area contributed by atoms with Crippen LogP contribution in [0.4, 0.5) is 5.95 Å². The van der Waals surface area contributed by atoms with Gasteiger partial charge in [-0.15, -0.1) is 10.2 Å². The Labute approximate surface area is 123 Å². The third-order valence-corrected chi connectivity index (χ3v) is 3.07. The zero-order chi connectivity index (χ0) is 15.2. The summed E-state index contributed by atoms with van der Waals surface area (Å²) < 4.78 is 5.09. The maximum Gasteiger partial charge on any atom is 0.279 e. The summed E-state index contributed by atoms with van der Waals surface area (Å²) in [5, 5.41) is 11.1. The molecule has 1 aromatic carbocycles. The molecule has 21 heavy (non-hydrogen) atoms. The molecule has 2 rings (SSSR count). The summed E-state index contributed by atoms with van der Waals surface area (Å²) in [4.78, 5) is 14.8. The molecule has 1 aromatic heterocycles. The monoisotopic (exact) mass is 288 g/mol. The van der Waals surface area contributed by atoms with Crippen molar-refractivity contribution in [1.82, 2.24) is 15.2 Å². The van der Waals surface area contributed by atoms with Crippen LogP contribution < -0.4 is 15.6 Å². The molecular formula is C15H20N4O2. The SMILES string of the molecule is COc1ccc(-c2nnc(NCCC(C)C)[nH]c2=O)cc1. The van der Waals surface area contributed by atoms with Crippen LogP contribution in [-0.4, -0.2) is 28.8 Å². The lowest BCUT2D eigenvalue weighted by Gasteiger charge is -2.07. The predicted molar refractivity (Wildman–Crippen MR) is 82.6 cm³/mol. The van der Waals surface area contributed by atoms with Crippen LogP contribution in [-0.2, 0) is 0 Å². The Morgan fingerprint density at radius 3 is 2.52 bits per heavy atom. The number of ether oxygens (including phenoxy) is 1. The lowest BCUT2D eigenvalue weighted by atomic mass is 10.1. The lowest BCUT2D eigenvalue weighted by molar-refractivity contribution is 0.415. The first-order valence-electron chi connectivity index (χ1n) is 6.95. The van der Waals surface area contributed by atoms with E-state index in [1.54, 1.807) is 31.4 Å². The number of methoxy groups -OCH3 is 1. The Balaban J connectivity index is 2.13. The van der Waals surface area contributed by atoms with E-state index in [1.807, 2.05) is 0 Å². The number of anilines is 1. The Morgan fingerprint density at radius 1 is 1.24 bits per heavy atom. The summed E-state index contributed by atoms with van der Waals surface area (Å²) in [5.74, 6) is 1.73. The first-order valence-corrected chi connectivity index (χ1v) is 6.95. The maximum atomic E-state index is 12.1. The fourth-order valence-corrected chi connectivity index (χ4v) is 1.83. The molecule has 112 valence electrons. The Morgan fingerprint density at radius 2 is 1.95 bits per heavy atom. The second kappa shape index (κ2) is 6.88. The number of H-pyrrole nitrogens is 1. The van der Waals surface area contributed by atoms with Crippen molar-refractivity contribution in [1.29, 1.82) is 0 Å². The number of nitrogens with zero attached hydrogens (tertiary/aromatic N) is 2. The van der Waals surface area contributed by atoms with Crippen LogP contribution in [0.3, 0.4) is 0 Å². The Kier molecular flexibility index (Phi) is 4.92. The molecule has 2 N–H and O–H groups in total. The van der Waals surface area contributed by atoms with Crippen LogP contribution in [0.5, 0.6) is 5.75 Å². The smallest absolute Gasteiger partial charge is 0.279 e. The molecule has 0 amide bonds. The summed E-state index contributed by atoms with van der Waals surface area (Å²) in [6, 6.07) is 7.13. The second-order valence-electron chi connectivity index (χ2n) is 5.19. The van der Waals surface area contributed by atoms with E-state index in [-0.39, 0.29) is 5.56 Å². The minimum atomic E-state index is -0.262. The van der Waals surface area contributed by atoms with E-state index >= 15 is 0 Å². The van der Waals surface area contributed by atoms with E-state index in [0.717, 1.165) is 18.7 Å². The Bertz CT molecular complexity index is 635. The summed E-state index contributed by atoms with van der Waals surface area (Å²) in [6.45, 7) is 5.04. The topological polar surface area (TPSA) is 79.9 Å². The molecule has 1 heterocycles. The highest BCUT2D eigenvalue weighted by atomic mass is 16.5. The number of aromatic amines is 1. The summed E-state index contributed by atoms with van der Waals surface area (Å²) >= 11 is 0. The van der Waals surface area contributed by atoms with Crippen LogP contribution >= 0.6 is 0 Å². The number of nitrogens with one attached hydrogen (secondary N) is 2. The molecule has 0 aliphatic heterocycles. The number of rotatable bonds is 6. The first-order chi connectivity index (χ1) is 10.1. The van der Waals surface area contributed by atoms with Gasteiger partial charge in [0.15, 0.2) is 5.69 Å². The van der Waals surface area contributed by atoms with Crippen molar-refractivity contribution in [3.8, 4) is 17.0 Å². The average molecular weight is 288 g/mol. The van der Waals surface area contributed by atoms with Crippen molar-refractivity contribution < 1.29 is 4.74 Å². The largest absolute Gasteiger partial charge is 0.497 e. The lowest BCUT2D eigenvalue weighted by Crippen LogP contribution is -2.17. The molecular weight excluding hydrogens is 268 g/mol. The van der Waals surface area contributed by atoms with Crippen molar-refractivity contribution >= 4 is 5.95 Å². The highest BCUT2D eigenvalue weighted by Gasteiger charge is 2.07. The highest BCUT2D eigenvalue weighted by Crippen LogP contribution is 2.17. The van der Waals surface area contributed by atoms with Gasteiger partial charge in [0.2, 0.25) is 5.95 Å². The van der Waals surface area contributed by atoms with Gasteiger partial charge in [0.1, 0.15) is 5.75 Å². The van der Waals surface area contributed by atoms with Crippen molar-refractivity contribution in [3.05, 3.63) is 34.6 Å². The fraction of sp³-hybridized carbons (Fsp3) is 0.400. The molecule has 6 nitrogen and oxygen atoms in total. The van der Waals surface area contributed by atoms with Gasteiger partial charge in [-0.25, -0.2) is 0 Å². The van der Waals surface area contributed by atoms with Crippen molar-refractivity contribution in [3.63, 3.8) is 0 Å². The normalized spacial score (nSPS) is 10.7. The second-order valence-corrected chi connectivity index (χ2v) is 5.19. The molecule has 0 spiro atoms. The van der Waals surface area contributed by atoms with E-state index in [2.05, 4.69) is 34.3 Å². The van der Waals surface area contributed by atoms with Gasteiger partial charge in [-0.1, -0.05) is 13.8 Å². The average Bonchev–Trinajstić information content (AvgIpc) is 2.47. The highest BCUT2D eigenvalue weighted by molar-refractivity contribution is 5.58. The zero-order valence-corrected chi connectivity index (χ0v) is 12.5. The quantitative estimate of drug-likeness (QED) is 0.852. The minimum Gasteiger partial charge on any atom is -0.497 e. The molecule has 2 aromatic rings.